The summed E-state index contributed by atoms with van der Waals surface area (Å²) in [6.07, 6.45) is 3.09. The van der Waals surface area contributed by atoms with Gasteiger partial charge in [-0.15, -0.1) is 11.3 Å². The largest absolute Gasteiger partial charge is 0.395 e. The minimum atomic E-state index is -0.203. The molecule has 2 aromatic rings. The first-order valence-corrected chi connectivity index (χ1v) is 7.76. The van der Waals surface area contributed by atoms with Gasteiger partial charge in [0.15, 0.2) is 5.69 Å². The monoisotopic (exact) mass is 290 g/mol. The van der Waals surface area contributed by atoms with Crippen LogP contribution < -0.4 is 11.1 Å². The molecule has 6 heteroatoms. The molecule has 0 aliphatic heterocycles. The Morgan fingerprint density at radius 1 is 1.65 bits per heavy atom. The zero-order chi connectivity index (χ0) is 14.1. The number of aromatic nitrogens is 2. The van der Waals surface area contributed by atoms with Crippen LogP contribution in [0.15, 0.2) is 17.5 Å². The zero-order valence-corrected chi connectivity index (χ0v) is 12.2. The molecule has 1 saturated carbocycles. The lowest BCUT2D eigenvalue weighted by Gasteiger charge is -2.14. The molecule has 0 spiro atoms. The summed E-state index contributed by atoms with van der Waals surface area (Å²) < 4.78 is 0. The molecule has 2 aromatic heterocycles. The summed E-state index contributed by atoms with van der Waals surface area (Å²) in [6, 6.07) is 4.04. The minimum absolute atomic E-state index is 0.0166. The smallest absolute Gasteiger partial charge is 0.274 e. The van der Waals surface area contributed by atoms with Gasteiger partial charge in [-0.2, -0.15) is 5.10 Å². The summed E-state index contributed by atoms with van der Waals surface area (Å²) in [6.45, 7) is 2.05. The Morgan fingerprint density at radius 3 is 3.05 bits per heavy atom. The molecule has 1 aliphatic rings. The molecule has 2 heterocycles. The van der Waals surface area contributed by atoms with E-state index in [9.17, 15) is 4.79 Å². The molecule has 4 N–H and O–H groups in total. The fourth-order valence-electron chi connectivity index (χ4n) is 2.31. The van der Waals surface area contributed by atoms with E-state index in [-0.39, 0.29) is 11.9 Å². The van der Waals surface area contributed by atoms with E-state index in [2.05, 4.69) is 15.5 Å². The van der Waals surface area contributed by atoms with Gasteiger partial charge in [0.2, 0.25) is 0 Å². The van der Waals surface area contributed by atoms with Gasteiger partial charge in [-0.3, -0.25) is 9.89 Å². The molecular formula is C14H18N4OS. The third kappa shape index (κ3) is 2.43. The van der Waals surface area contributed by atoms with Gasteiger partial charge in [0, 0.05) is 10.8 Å². The lowest BCUT2D eigenvalue weighted by atomic mass is 10.1. The number of nitrogens with zero attached hydrogens (tertiary/aromatic N) is 1. The first-order chi connectivity index (χ1) is 9.70. The van der Waals surface area contributed by atoms with Gasteiger partial charge in [-0.05, 0) is 30.7 Å². The van der Waals surface area contributed by atoms with Gasteiger partial charge in [0.1, 0.15) is 0 Å². The highest BCUT2D eigenvalue weighted by Crippen LogP contribution is 2.42. The summed E-state index contributed by atoms with van der Waals surface area (Å²) in [5, 5.41) is 12.0. The number of thiophene rings is 1. The summed E-state index contributed by atoms with van der Waals surface area (Å²) in [4.78, 5) is 13.5. The van der Waals surface area contributed by atoms with Gasteiger partial charge in [-0.1, -0.05) is 13.0 Å². The van der Waals surface area contributed by atoms with Crippen molar-refractivity contribution in [1.82, 2.24) is 15.5 Å². The number of rotatable bonds is 5. The molecule has 106 valence electrons. The highest BCUT2D eigenvalue weighted by molar-refractivity contribution is 7.10. The lowest BCUT2D eigenvalue weighted by Crippen LogP contribution is -2.28. The maximum atomic E-state index is 12.3. The predicted molar refractivity (Wildman–Crippen MR) is 79.8 cm³/mol. The number of carbonyl (C=O) groups is 1. The quantitative estimate of drug-likeness (QED) is 0.791. The van der Waals surface area contributed by atoms with Crippen molar-refractivity contribution in [1.29, 1.82) is 0 Å². The molecule has 0 aromatic carbocycles. The van der Waals surface area contributed by atoms with Gasteiger partial charge in [0.25, 0.3) is 5.91 Å². The first-order valence-electron chi connectivity index (χ1n) is 6.88. The minimum Gasteiger partial charge on any atom is -0.395 e. The van der Waals surface area contributed by atoms with Crippen LogP contribution in [0.1, 0.15) is 59.2 Å². The average Bonchev–Trinajstić information content (AvgIpc) is 2.99. The average molecular weight is 290 g/mol. The summed E-state index contributed by atoms with van der Waals surface area (Å²) in [7, 11) is 0. The summed E-state index contributed by atoms with van der Waals surface area (Å²) in [5.41, 5.74) is 7.77. The van der Waals surface area contributed by atoms with E-state index in [0.717, 1.165) is 29.8 Å². The number of hydrogen-bond donors (Lipinski definition) is 3. The Balaban J connectivity index is 1.75. The van der Waals surface area contributed by atoms with Gasteiger partial charge < -0.3 is 11.1 Å². The van der Waals surface area contributed by atoms with Crippen LogP contribution in [0, 0.1) is 0 Å². The number of hydrogen-bond acceptors (Lipinski definition) is 4. The van der Waals surface area contributed by atoms with Crippen molar-refractivity contribution in [3.05, 3.63) is 33.8 Å². The summed E-state index contributed by atoms with van der Waals surface area (Å²) in [5.74, 6) is 0.259. The molecular weight excluding hydrogens is 272 g/mol. The molecule has 1 aliphatic carbocycles. The molecule has 0 bridgehead atoms. The third-order valence-corrected chi connectivity index (χ3v) is 4.62. The van der Waals surface area contributed by atoms with Crippen LogP contribution in [0.3, 0.4) is 0 Å². The van der Waals surface area contributed by atoms with E-state index in [1.807, 2.05) is 24.4 Å². The molecule has 1 fully saturated rings. The molecule has 5 nitrogen and oxygen atoms in total. The molecule has 1 amide bonds. The van der Waals surface area contributed by atoms with Crippen molar-refractivity contribution in [2.24, 2.45) is 0 Å². The lowest BCUT2D eigenvalue weighted by molar-refractivity contribution is 0.0932. The van der Waals surface area contributed by atoms with Gasteiger partial charge in [0.05, 0.1) is 17.4 Å². The Kier molecular flexibility index (Phi) is 3.48. The van der Waals surface area contributed by atoms with Crippen LogP contribution in [0.5, 0.6) is 0 Å². The predicted octanol–water partition coefficient (Wildman–Crippen LogP) is 2.81. The molecule has 20 heavy (non-hydrogen) atoms. The van der Waals surface area contributed by atoms with E-state index in [1.165, 1.54) is 0 Å². The Hall–Kier alpha value is -1.82. The Bertz CT molecular complexity index is 601. The van der Waals surface area contributed by atoms with Crippen molar-refractivity contribution in [2.75, 3.05) is 5.73 Å². The normalized spacial score (nSPS) is 16.1. The fourth-order valence-corrected chi connectivity index (χ4v) is 3.17. The van der Waals surface area contributed by atoms with E-state index in [1.54, 1.807) is 11.3 Å². The van der Waals surface area contributed by atoms with Crippen molar-refractivity contribution >= 4 is 22.9 Å². The molecule has 3 rings (SSSR count). The van der Waals surface area contributed by atoms with Crippen LogP contribution in [0.25, 0.3) is 0 Å². The second kappa shape index (κ2) is 5.28. The van der Waals surface area contributed by atoms with Crippen molar-refractivity contribution in [3.8, 4) is 0 Å². The molecule has 0 radical (unpaired) electrons. The Morgan fingerprint density at radius 2 is 2.45 bits per heavy atom. The van der Waals surface area contributed by atoms with Crippen LogP contribution in [-0.4, -0.2) is 16.1 Å². The SMILES string of the molecule is CCC(NC(=O)c1n[nH]c(C2CC2)c1N)c1cccs1. The number of amides is 1. The van der Waals surface area contributed by atoms with Crippen molar-refractivity contribution < 1.29 is 4.79 Å². The number of anilines is 1. The number of nitrogen functional groups attached to an aromatic ring is 1. The highest BCUT2D eigenvalue weighted by atomic mass is 32.1. The molecule has 0 saturated heterocycles. The fraction of sp³-hybridized carbons (Fsp3) is 0.429. The second-order valence-electron chi connectivity index (χ2n) is 5.12. The zero-order valence-electron chi connectivity index (χ0n) is 11.3. The number of carbonyl (C=O) groups excluding carboxylic acids is 1. The van der Waals surface area contributed by atoms with E-state index in [0.29, 0.717) is 17.3 Å². The standard InChI is InChI=1S/C14H18N4OS/c1-2-9(10-4-3-7-20-10)16-14(19)13-11(15)12(17-18-13)8-5-6-8/h3-4,7-9H,2,5-6,15H2,1H3,(H,16,19)(H,17,18). The number of nitrogens with two attached hydrogens (primary N) is 1. The number of nitrogens with one attached hydrogen (secondary N) is 2. The van der Waals surface area contributed by atoms with Gasteiger partial charge in [-0.25, -0.2) is 0 Å². The van der Waals surface area contributed by atoms with E-state index in [4.69, 9.17) is 5.73 Å². The summed E-state index contributed by atoms with van der Waals surface area (Å²) >= 11 is 1.64. The van der Waals surface area contributed by atoms with E-state index >= 15 is 0 Å². The maximum absolute atomic E-state index is 12.3. The number of H-pyrrole nitrogens is 1. The van der Waals surface area contributed by atoms with Crippen LogP contribution >= 0.6 is 11.3 Å². The second-order valence-corrected chi connectivity index (χ2v) is 6.10. The highest BCUT2D eigenvalue weighted by Gasteiger charge is 2.30. The van der Waals surface area contributed by atoms with Crippen LogP contribution in [0.4, 0.5) is 5.69 Å². The number of aromatic amines is 1. The van der Waals surface area contributed by atoms with Crippen molar-refractivity contribution in [3.63, 3.8) is 0 Å². The topological polar surface area (TPSA) is 83.8 Å². The molecule has 1 atom stereocenters. The van der Waals surface area contributed by atoms with E-state index < -0.39 is 0 Å². The Labute approximate surface area is 121 Å². The van der Waals surface area contributed by atoms with Crippen LogP contribution in [-0.2, 0) is 0 Å². The molecule has 1 unspecified atom stereocenters. The third-order valence-electron chi connectivity index (χ3n) is 3.63. The van der Waals surface area contributed by atoms with Crippen LogP contribution in [0.2, 0.25) is 0 Å². The first kappa shape index (κ1) is 13.2. The maximum Gasteiger partial charge on any atom is 0.274 e. The van der Waals surface area contributed by atoms with Crippen molar-refractivity contribution in [2.45, 2.75) is 38.1 Å². The van der Waals surface area contributed by atoms with Gasteiger partial charge >= 0.3 is 0 Å².